The first-order valence-corrected chi connectivity index (χ1v) is 8.04. The predicted molar refractivity (Wildman–Crippen MR) is 92.6 cm³/mol. The van der Waals surface area contributed by atoms with Gasteiger partial charge in [0.05, 0.1) is 10.6 Å². The molecule has 0 atom stereocenters. The van der Waals surface area contributed by atoms with Gasteiger partial charge in [-0.15, -0.1) is 0 Å². The highest BCUT2D eigenvalue weighted by atomic mass is 35.5. The Kier molecular flexibility index (Phi) is 6.93. The molecule has 2 aromatic rings. The number of nitrogens with one attached hydrogen (secondary N) is 1. The summed E-state index contributed by atoms with van der Waals surface area (Å²) in [5.74, 6) is 5.46. The number of rotatable bonds is 4. The second-order valence-electron chi connectivity index (χ2n) is 5.23. The summed E-state index contributed by atoms with van der Waals surface area (Å²) < 4.78 is 42.9. The molecule has 1 amide bonds. The molecule has 0 saturated carbocycles. The Balaban J connectivity index is 1.75. The average molecular weight is 382 g/mol. The molecule has 0 aromatic heterocycles. The van der Waals surface area contributed by atoms with Crippen LogP contribution in [0.25, 0.3) is 0 Å². The molecule has 0 radical (unpaired) electrons. The maximum absolute atomic E-state index is 12.6. The molecule has 0 unspecified atom stereocenters. The highest BCUT2D eigenvalue weighted by molar-refractivity contribution is 6.31. The van der Waals surface area contributed by atoms with Crippen LogP contribution in [0.3, 0.4) is 0 Å². The molecule has 0 saturated heterocycles. The standard InChI is InChI=1S/C19H15ClF3NO2/c20-17-12-14(9-10-16(17)19(21,22)23)6-4-5-11-24-18(25)26-13-15-7-2-1-3-8-15/h1-3,7-10,12H,5,11,13H2,(H,24,25). The second kappa shape index (κ2) is 9.16. The lowest BCUT2D eigenvalue weighted by Gasteiger charge is -2.08. The summed E-state index contributed by atoms with van der Waals surface area (Å²) >= 11 is 5.62. The minimum Gasteiger partial charge on any atom is -0.445 e. The molecule has 3 nitrogen and oxygen atoms in total. The van der Waals surface area contributed by atoms with E-state index in [9.17, 15) is 18.0 Å². The summed E-state index contributed by atoms with van der Waals surface area (Å²) in [6.45, 7) is 0.428. The lowest BCUT2D eigenvalue weighted by Crippen LogP contribution is -2.24. The van der Waals surface area contributed by atoms with Crippen molar-refractivity contribution < 1.29 is 22.7 Å². The molecule has 0 aliphatic rings. The minimum absolute atomic E-state index is 0.169. The van der Waals surface area contributed by atoms with E-state index in [1.54, 1.807) is 0 Å². The van der Waals surface area contributed by atoms with Gasteiger partial charge in [-0.1, -0.05) is 53.8 Å². The molecule has 0 aliphatic heterocycles. The normalized spacial score (nSPS) is 10.6. The fraction of sp³-hybridized carbons (Fsp3) is 0.211. The molecule has 26 heavy (non-hydrogen) atoms. The van der Waals surface area contributed by atoms with Gasteiger partial charge in [0, 0.05) is 18.5 Å². The topological polar surface area (TPSA) is 38.3 Å². The smallest absolute Gasteiger partial charge is 0.417 e. The highest BCUT2D eigenvalue weighted by Crippen LogP contribution is 2.34. The summed E-state index contributed by atoms with van der Waals surface area (Å²) in [6, 6.07) is 12.6. The average Bonchev–Trinajstić information content (AvgIpc) is 2.59. The van der Waals surface area contributed by atoms with Crippen molar-refractivity contribution >= 4 is 17.7 Å². The number of benzene rings is 2. The number of hydrogen-bond donors (Lipinski definition) is 1. The van der Waals surface area contributed by atoms with E-state index in [1.807, 2.05) is 30.3 Å². The Labute approximate surface area is 154 Å². The van der Waals surface area contributed by atoms with Gasteiger partial charge in [0.1, 0.15) is 6.61 Å². The molecule has 0 bridgehead atoms. The van der Waals surface area contributed by atoms with Gasteiger partial charge in [0.25, 0.3) is 0 Å². The van der Waals surface area contributed by atoms with Crippen LogP contribution in [-0.4, -0.2) is 12.6 Å². The van der Waals surface area contributed by atoms with E-state index in [0.717, 1.165) is 11.6 Å². The van der Waals surface area contributed by atoms with Crippen molar-refractivity contribution in [3.63, 3.8) is 0 Å². The molecule has 7 heteroatoms. The van der Waals surface area contributed by atoms with Gasteiger partial charge in [0.2, 0.25) is 0 Å². The first-order valence-electron chi connectivity index (χ1n) is 7.66. The zero-order valence-electron chi connectivity index (χ0n) is 13.6. The molecule has 0 fully saturated rings. The number of carbonyl (C=O) groups excluding carboxylic acids is 1. The zero-order chi connectivity index (χ0) is 19.0. The van der Waals surface area contributed by atoms with E-state index in [0.29, 0.717) is 12.0 Å². The van der Waals surface area contributed by atoms with Gasteiger partial charge in [-0.25, -0.2) is 4.79 Å². The summed E-state index contributed by atoms with van der Waals surface area (Å²) in [5.41, 5.74) is 0.351. The SMILES string of the molecule is O=C(NCCC#Cc1ccc(C(F)(F)F)c(Cl)c1)OCc1ccccc1. The van der Waals surface area contributed by atoms with Gasteiger partial charge in [-0.3, -0.25) is 0 Å². The lowest BCUT2D eigenvalue weighted by atomic mass is 10.1. The zero-order valence-corrected chi connectivity index (χ0v) is 14.3. The third kappa shape index (κ3) is 6.34. The number of amides is 1. The van der Waals surface area contributed by atoms with Gasteiger partial charge < -0.3 is 10.1 Å². The number of carbonyl (C=O) groups is 1. The van der Waals surface area contributed by atoms with Crippen molar-refractivity contribution in [1.29, 1.82) is 0 Å². The quantitative estimate of drug-likeness (QED) is 0.596. The minimum atomic E-state index is -4.49. The van der Waals surface area contributed by atoms with Crippen molar-refractivity contribution in [2.24, 2.45) is 0 Å². The van der Waals surface area contributed by atoms with Crippen molar-refractivity contribution in [1.82, 2.24) is 5.32 Å². The molecule has 0 spiro atoms. The molecule has 1 N–H and O–H groups in total. The first kappa shape index (κ1) is 19.7. The Hall–Kier alpha value is -2.65. The van der Waals surface area contributed by atoms with Crippen LogP contribution >= 0.6 is 11.6 Å². The lowest BCUT2D eigenvalue weighted by molar-refractivity contribution is -0.137. The number of ether oxygens (including phenoxy) is 1. The molecule has 2 aromatic carbocycles. The van der Waals surface area contributed by atoms with Gasteiger partial charge in [-0.2, -0.15) is 13.2 Å². The maximum Gasteiger partial charge on any atom is 0.417 e. The third-order valence-corrected chi connectivity index (χ3v) is 3.55. The predicted octanol–water partition coefficient (Wildman–Crippen LogP) is 5.03. The van der Waals surface area contributed by atoms with Crippen molar-refractivity contribution in [2.75, 3.05) is 6.54 Å². The second-order valence-corrected chi connectivity index (χ2v) is 5.64. The van der Waals surface area contributed by atoms with E-state index in [4.69, 9.17) is 16.3 Å². The van der Waals surface area contributed by atoms with E-state index in [2.05, 4.69) is 17.2 Å². The highest BCUT2D eigenvalue weighted by Gasteiger charge is 2.32. The number of hydrogen-bond acceptors (Lipinski definition) is 2. The summed E-state index contributed by atoms with van der Waals surface area (Å²) in [4.78, 5) is 11.5. The van der Waals surface area contributed by atoms with Crippen LogP contribution in [0.1, 0.15) is 23.1 Å². The van der Waals surface area contributed by atoms with Gasteiger partial charge in [0.15, 0.2) is 0 Å². The molecule has 2 rings (SSSR count). The fourth-order valence-corrected chi connectivity index (χ4v) is 2.28. The first-order chi connectivity index (χ1) is 12.4. The summed E-state index contributed by atoms with van der Waals surface area (Å²) in [7, 11) is 0. The maximum atomic E-state index is 12.6. The largest absolute Gasteiger partial charge is 0.445 e. The van der Waals surface area contributed by atoms with E-state index in [-0.39, 0.29) is 13.2 Å². The van der Waals surface area contributed by atoms with Crippen molar-refractivity contribution in [3.8, 4) is 11.8 Å². The van der Waals surface area contributed by atoms with Crippen LogP contribution in [0.15, 0.2) is 48.5 Å². The van der Waals surface area contributed by atoms with E-state index >= 15 is 0 Å². The van der Waals surface area contributed by atoms with Crippen LogP contribution in [0.4, 0.5) is 18.0 Å². The molecule has 0 heterocycles. The van der Waals surface area contributed by atoms with Crippen LogP contribution in [0.2, 0.25) is 5.02 Å². The summed E-state index contributed by atoms with van der Waals surface area (Å²) in [6.07, 6.45) is -4.74. The Morgan fingerprint density at radius 1 is 1.15 bits per heavy atom. The van der Waals surface area contributed by atoms with Gasteiger partial charge >= 0.3 is 12.3 Å². The Morgan fingerprint density at radius 2 is 1.88 bits per heavy atom. The van der Waals surface area contributed by atoms with Crippen molar-refractivity contribution in [2.45, 2.75) is 19.2 Å². The third-order valence-electron chi connectivity index (χ3n) is 3.24. The summed E-state index contributed by atoms with van der Waals surface area (Å²) in [5, 5.41) is 2.14. The Bertz CT molecular complexity index is 811. The molecule has 0 aliphatic carbocycles. The van der Waals surface area contributed by atoms with Gasteiger partial charge in [-0.05, 0) is 23.8 Å². The molecule has 136 valence electrons. The van der Waals surface area contributed by atoms with Crippen LogP contribution in [0, 0.1) is 11.8 Å². The van der Waals surface area contributed by atoms with Crippen LogP contribution in [0.5, 0.6) is 0 Å². The monoisotopic (exact) mass is 381 g/mol. The Morgan fingerprint density at radius 3 is 2.54 bits per heavy atom. The molecular formula is C19H15ClF3NO2. The van der Waals surface area contributed by atoms with Crippen LogP contribution < -0.4 is 5.32 Å². The van der Waals surface area contributed by atoms with E-state index < -0.39 is 22.9 Å². The number of halogens is 4. The molecular weight excluding hydrogens is 367 g/mol. The van der Waals surface area contributed by atoms with E-state index in [1.165, 1.54) is 12.1 Å². The number of alkyl halides is 3. The van der Waals surface area contributed by atoms with Crippen LogP contribution in [-0.2, 0) is 17.5 Å². The fourth-order valence-electron chi connectivity index (χ4n) is 1.99. The van der Waals surface area contributed by atoms with Crippen molar-refractivity contribution in [3.05, 3.63) is 70.2 Å². The number of alkyl carbamates (subject to hydrolysis) is 1.